The zero-order valence-corrected chi connectivity index (χ0v) is 14.0. The van der Waals surface area contributed by atoms with E-state index in [1.807, 2.05) is 6.07 Å². The summed E-state index contributed by atoms with van der Waals surface area (Å²) in [7, 11) is 0. The topological polar surface area (TPSA) is 40.6 Å². The molecule has 0 bridgehead atoms. The molecule has 0 unspecified atom stereocenters. The first-order valence-electron chi connectivity index (χ1n) is 9.06. The Morgan fingerprint density at radius 1 is 0.958 bits per heavy atom. The fraction of sp³-hybridized carbons (Fsp3) is 0.500. The van der Waals surface area contributed by atoms with Crippen LogP contribution in [0.3, 0.4) is 0 Å². The van der Waals surface area contributed by atoms with E-state index >= 15 is 0 Å². The standard InChI is InChI=1S/C20H24N2O2/c23-19-17-8-4-5-9-18(17)20(24)22(19)14-21-12-10-16(11-13-21)15-6-2-1-3-7-15/h1-3,6-7,10,17-18H,4-5,8-9,11-14H2/t17-,18-/m0/s1. The molecule has 2 heterocycles. The summed E-state index contributed by atoms with van der Waals surface area (Å²) in [4.78, 5) is 28.9. The molecule has 126 valence electrons. The smallest absolute Gasteiger partial charge is 0.234 e. The number of nitrogens with zero attached hydrogens (tertiary/aromatic N) is 2. The van der Waals surface area contributed by atoms with Gasteiger partial charge >= 0.3 is 0 Å². The van der Waals surface area contributed by atoms with Crippen LogP contribution < -0.4 is 0 Å². The van der Waals surface area contributed by atoms with Crippen LogP contribution in [0.25, 0.3) is 5.57 Å². The summed E-state index contributed by atoms with van der Waals surface area (Å²) in [6, 6.07) is 10.4. The fourth-order valence-electron chi connectivity index (χ4n) is 4.32. The Hall–Kier alpha value is -1.94. The molecule has 0 radical (unpaired) electrons. The summed E-state index contributed by atoms with van der Waals surface area (Å²) in [5, 5.41) is 0. The normalized spacial score (nSPS) is 28.0. The van der Waals surface area contributed by atoms with E-state index in [1.54, 1.807) is 0 Å². The molecule has 1 saturated carbocycles. The summed E-state index contributed by atoms with van der Waals surface area (Å²) >= 11 is 0. The van der Waals surface area contributed by atoms with Crippen LogP contribution in [0.1, 0.15) is 37.7 Å². The van der Waals surface area contributed by atoms with E-state index in [4.69, 9.17) is 0 Å². The van der Waals surface area contributed by atoms with Gasteiger partial charge in [-0.15, -0.1) is 0 Å². The van der Waals surface area contributed by atoms with Crippen molar-refractivity contribution in [2.75, 3.05) is 19.8 Å². The van der Waals surface area contributed by atoms with Crippen LogP contribution in [-0.2, 0) is 9.59 Å². The van der Waals surface area contributed by atoms with Crippen LogP contribution in [0.15, 0.2) is 36.4 Å². The molecule has 0 aromatic heterocycles. The average Bonchev–Trinajstić information content (AvgIpc) is 2.88. The molecule has 2 fully saturated rings. The molecule has 2 amide bonds. The molecule has 3 aliphatic rings. The molecular formula is C20H24N2O2. The molecule has 24 heavy (non-hydrogen) atoms. The Kier molecular flexibility index (Phi) is 4.23. The number of hydrogen-bond acceptors (Lipinski definition) is 3. The minimum atomic E-state index is -0.0357. The van der Waals surface area contributed by atoms with Gasteiger partial charge in [0.2, 0.25) is 11.8 Å². The van der Waals surface area contributed by atoms with Gasteiger partial charge in [-0.1, -0.05) is 49.2 Å². The first-order chi connectivity index (χ1) is 11.7. The van der Waals surface area contributed by atoms with Crippen molar-refractivity contribution in [2.24, 2.45) is 11.8 Å². The number of carbonyl (C=O) groups is 2. The van der Waals surface area contributed by atoms with Crippen molar-refractivity contribution in [3.8, 4) is 0 Å². The van der Waals surface area contributed by atoms with Crippen molar-refractivity contribution in [1.29, 1.82) is 0 Å². The summed E-state index contributed by atoms with van der Waals surface area (Å²) in [5.74, 6) is 0.0722. The largest absolute Gasteiger partial charge is 0.282 e. The predicted molar refractivity (Wildman–Crippen MR) is 92.8 cm³/mol. The Labute approximate surface area is 143 Å². The Bertz CT molecular complexity index is 643. The highest BCUT2D eigenvalue weighted by Gasteiger charge is 2.48. The maximum Gasteiger partial charge on any atom is 0.234 e. The van der Waals surface area contributed by atoms with Crippen LogP contribution >= 0.6 is 0 Å². The van der Waals surface area contributed by atoms with E-state index in [0.29, 0.717) is 6.67 Å². The first kappa shape index (κ1) is 15.6. The summed E-state index contributed by atoms with van der Waals surface area (Å²) in [6.07, 6.45) is 7.15. The molecule has 1 aliphatic carbocycles. The molecule has 1 aromatic carbocycles. The second-order valence-electron chi connectivity index (χ2n) is 7.17. The predicted octanol–water partition coefficient (Wildman–Crippen LogP) is 2.91. The van der Waals surface area contributed by atoms with Crippen LogP contribution in [0.2, 0.25) is 0 Å². The maximum absolute atomic E-state index is 12.6. The molecule has 1 aromatic rings. The first-order valence-corrected chi connectivity index (χ1v) is 9.06. The Balaban J connectivity index is 1.41. The molecule has 0 spiro atoms. The maximum atomic E-state index is 12.6. The lowest BCUT2D eigenvalue weighted by Gasteiger charge is -2.29. The third-order valence-corrected chi connectivity index (χ3v) is 5.71. The van der Waals surface area contributed by atoms with Gasteiger partial charge < -0.3 is 0 Å². The number of likely N-dealkylation sites (tertiary alicyclic amines) is 1. The SMILES string of the molecule is O=C1[C@H]2CCCC[C@@H]2C(=O)N1CN1CC=C(c2ccccc2)CC1. The van der Waals surface area contributed by atoms with Gasteiger partial charge in [-0.2, -0.15) is 0 Å². The fourth-order valence-corrected chi connectivity index (χ4v) is 4.32. The highest BCUT2D eigenvalue weighted by Crippen LogP contribution is 2.38. The monoisotopic (exact) mass is 324 g/mol. The van der Waals surface area contributed by atoms with Gasteiger partial charge in [-0.05, 0) is 30.4 Å². The number of hydrogen-bond donors (Lipinski definition) is 0. The molecular weight excluding hydrogens is 300 g/mol. The second-order valence-corrected chi connectivity index (χ2v) is 7.17. The van der Waals surface area contributed by atoms with Gasteiger partial charge in [0.25, 0.3) is 0 Å². The van der Waals surface area contributed by atoms with E-state index in [-0.39, 0.29) is 23.7 Å². The van der Waals surface area contributed by atoms with E-state index in [2.05, 4.69) is 35.2 Å². The molecule has 2 atom stereocenters. The third kappa shape index (κ3) is 2.80. The molecule has 4 heteroatoms. The zero-order chi connectivity index (χ0) is 16.5. The third-order valence-electron chi connectivity index (χ3n) is 5.71. The van der Waals surface area contributed by atoms with Crippen molar-refractivity contribution in [3.05, 3.63) is 42.0 Å². The van der Waals surface area contributed by atoms with Crippen LogP contribution in [0.4, 0.5) is 0 Å². The minimum absolute atomic E-state index is 0.0357. The van der Waals surface area contributed by atoms with E-state index in [9.17, 15) is 9.59 Å². The summed E-state index contributed by atoms with van der Waals surface area (Å²) in [5.41, 5.74) is 2.64. The van der Waals surface area contributed by atoms with E-state index in [1.165, 1.54) is 16.0 Å². The summed E-state index contributed by atoms with van der Waals surface area (Å²) in [6.45, 7) is 2.16. The van der Waals surface area contributed by atoms with Crippen molar-refractivity contribution in [2.45, 2.75) is 32.1 Å². The highest BCUT2D eigenvalue weighted by atomic mass is 16.2. The molecule has 2 aliphatic heterocycles. The quantitative estimate of drug-likeness (QED) is 0.803. The average molecular weight is 324 g/mol. The van der Waals surface area contributed by atoms with Crippen LogP contribution in [-0.4, -0.2) is 41.4 Å². The van der Waals surface area contributed by atoms with Gasteiger partial charge in [0.15, 0.2) is 0 Å². The molecule has 1 saturated heterocycles. The van der Waals surface area contributed by atoms with E-state index < -0.39 is 0 Å². The number of benzene rings is 1. The lowest BCUT2D eigenvalue weighted by Crippen LogP contribution is -2.43. The zero-order valence-electron chi connectivity index (χ0n) is 14.0. The number of fused-ring (bicyclic) bond motifs is 1. The lowest BCUT2D eigenvalue weighted by atomic mass is 9.81. The number of imide groups is 1. The van der Waals surface area contributed by atoms with Gasteiger partial charge in [0, 0.05) is 13.1 Å². The molecule has 4 rings (SSSR count). The van der Waals surface area contributed by atoms with Crippen molar-refractivity contribution in [3.63, 3.8) is 0 Å². The van der Waals surface area contributed by atoms with Gasteiger partial charge in [0.1, 0.15) is 0 Å². The molecule has 0 N–H and O–H groups in total. The van der Waals surface area contributed by atoms with Gasteiger partial charge in [0.05, 0.1) is 18.5 Å². The number of rotatable bonds is 3. The minimum Gasteiger partial charge on any atom is -0.282 e. The Morgan fingerprint density at radius 2 is 1.62 bits per heavy atom. The molecule has 4 nitrogen and oxygen atoms in total. The van der Waals surface area contributed by atoms with Gasteiger partial charge in [-0.3, -0.25) is 19.4 Å². The summed E-state index contributed by atoms with van der Waals surface area (Å²) < 4.78 is 0. The number of amides is 2. The van der Waals surface area contributed by atoms with E-state index in [0.717, 1.165) is 45.2 Å². The van der Waals surface area contributed by atoms with Crippen molar-refractivity contribution < 1.29 is 9.59 Å². The highest BCUT2D eigenvalue weighted by molar-refractivity contribution is 6.05. The van der Waals surface area contributed by atoms with Crippen molar-refractivity contribution in [1.82, 2.24) is 9.80 Å². The van der Waals surface area contributed by atoms with Gasteiger partial charge in [-0.25, -0.2) is 0 Å². The van der Waals surface area contributed by atoms with Crippen molar-refractivity contribution >= 4 is 17.4 Å². The second kappa shape index (κ2) is 6.52. The number of carbonyl (C=O) groups excluding carboxylic acids is 2. The Morgan fingerprint density at radius 3 is 2.21 bits per heavy atom. The van der Waals surface area contributed by atoms with Crippen LogP contribution in [0.5, 0.6) is 0 Å². The lowest BCUT2D eigenvalue weighted by molar-refractivity contribution is -0.142. The van der Waals surface area contributed by atoms with Crippen LogP contribution in [0, 0.1) is 11.8 Å².